The molecule has 2 atom stereocenters. The van der Waals surface area contributed by atoms with Crippen molar-refractivity contribution in [1.82, 2.24) is 9.97 Å². The summed E-state index contributed by atoms with van der Waals surface area (Å²) in [6, 6.07) is 2.09. The predicted molar refractivity (Wildman–Crippen MR) is 84.3 cm³/mol. The number of rotatable bonds is 4. The Labute approximate surface area is 120 Å². The van der Waals surface area contributed by atoms with E-state index in [1.54, 1.807) is 0 Å². The zero-order valence-electron chi connectivity index (χ0n) is 12.3. The van der Waals surface area contributed by atoms with Gasteiger partial charge in [-0.05, 0) is 13.3 Å². The number of hydrogen-bond donors (Lipinski definition) is 1. The largest absolute Gasteiger partial charge is 0.354 e. The van der Waals surface area contributed by atoms with Crippen LogP contribution in [0.1, 0.15) is 32.9 Å². The molecule has 1 fully saturated rings. The van der Waals surface area contributed by atoms with E-state index >= 15 is 0 Å². The number of hydrogen-bond acceptors (Lipinski definition) is 5. The highest BCUT2D eigenvalue weighted by molar-refractivity contribution is 8.00. The van der Waals surface area contributed by atoms with Crippen molar-refractivity contribution >= 4 is 23.5 Å². The first-order valence-corrected chi connectivity index (χ1v) is 8.02. The SMILES string of the molecule is CCCNc1nc(C)cc(N2CC(C)SC(C)C2)n1. The van der Waals surface area contributed by atoms with Crippen molar-refractivity contribution in [2.24, 2.45) is 0 Å². The lowest BCUT2D eigenvalue weighted by Gasteiger charge is -2.35. The van der Waals surface area contributed by atoms with E-state index in [1.165, 1.54) is 0 Å². The molecule has 1 aromatic rings. The third-order valence-corrected chi connectivity index (χ3v) is 4.34. The third-order valence-electron chi connectivity index (χ3n) is 3.12. The molecule has 4 nitrogen and oxygen atoms in total. The molecular formula is C14H24N4S. The van der Waals surface area contributed by atoms with Crippen LogP contribution in [0.4, 0.5) is 11.8 Å². The topological polar surface area (TPSA) is 41.1 Å². The minimum atomic E-state index is 0.658. The van der Waals surface area contributed by atoms with Crippen LogP contribution in [0.5, 0.6) is 0 Å². The number of nitrogens with one attached hydrogen (secondary N) is 1. The van der Waals surface area contributed by atoms with Crippen molar-refractivity contribution in [2.45, 2.75) is 44.6 Å². The van der Waals surface area contributed by atoms with Crippen molar-refractivity contribution in [3.8, 4) is 0 Å². The van der Waals surface area contributed by atoms with Gasteiger partial charge in [-0.1, -0.05) is 20.8 Å². The number of aryl methyl sites for hydroxylation is 1. The van der Waals surface area contributed by atoms with Crippen LogP contribution in [0.3, 0.4) is 0 Å². The van der Waals surface area contributed by atoms with Gasteiger partial charge in [0.25, 0.3) is 0 Å². The van der Waals surface area contributed by atoms with Gasteiger partial charge in [-0.15, -0.1) is 0 Å². The van der Waals surface area contributed by atoms with Gasteiger partial charge in [0, 0.05) is 41.9 Å². The molecule has 1 aliphatic heterocycles. The van der Waals surface area contributed by atoms with E-state index in [1.807, 2.05) is 6.92 Å². The second kappa shape index (κ2) is 6.46. The van der Waals surface area contributed by atoms with Crippen LogP contribution in [-0.2, 0) is 0 Å². The number of aromatic nitrogens is 2. The van der Waals surface area contributed by atoms with E-state index in [9.17, 15) is 0 Å². The van der Waals surface area contributed by atoms with Gasteiger partial charge in [-0.3, -0.25) is 0 Å². The summed E-state index contributed by atoms with van der Waals surface area (Å²) in [4.78, 5) is 11.5. The van der Waals surface area contributed by atoms with Crippen molar-refractivity contribution < 1.29 is 0 Å². The van der Waals surface area contributed by atoms with Crippen LogP contribution >= 0.6 is 11.8 Å². The van der Waals surface area contributed by atoms with E-state index < -0.39 is 0 Å². The summed E-state index contributed by atoms with van der Waals surface area (Å²) < 4.78 is 0. The number of anilines is 2. The fraction of sp³-hybridized carbons (Fsp3) is 0.714. The maximum absolute atomic E-state index is 4.66. The highest BCUT2D eigenvalue weighted by Gasteiger charge is 2.23. The summed E-state index contributed by atoms with van der Waals surface area (Å²) in [7, 11) is 0. The van der Waals surface area contributed by atoms with Gasteiger partial charge >= 0.3 is 0 Å². The number of nitrogens with zero attached hydrogens (tertiary/aromatic N) is 3. The average molecular weight is 280 g/mol. The van der Waals surface area contributed by atoms with Gasteiger partial charge in [0.05, 0.1) is 0 Å². The maximum Gasteiger partial charge on any atom is 0.224 e. The Morgan fingerprint density at radius 1 is 1.32 bits per heavy atom. The Bertz CT molecular complexity index is 414. The van der Waals surface area contributed by atoms with Gasteiger partial charge in [0.15, 0.2) is 0 Å². The quantitative estimate of drug-likeness (QED) is 0.918. The predicted octanol–water partition coefficient (Wildman–Crippen LogP) is 2.94. The van der Waals surface area contributed by atoms with Crippen molar-refractivity contribution in [3.05, 3.63) is 11.8 Å². The van der Waals surface area contributed by atoms with Gasteiger partial charge in [-0.25, -0.2) is 4.98 Å². The summed E-state index contributed by atoms with van der Waals surface area (Å²) in [6.07, 6.45) is 1.08. The molecule has 2 rings (SSSR count). The normalized spacial score (nSPS) is 23.5. The second-order valence-corrected chi connectivity index (χ2v) is 7.16. The standard InChI is InChI=1S/C14H24N4S/c1-5-6-15-14-16-10(2)7-13(17-14)18-8-11(3)19-12(4)9-18/h7,11-12H,5-6,8-9H2,1-4H3,(H,15,16,17). The van der Waals surface area contributed by atoms with E-state index in [0.717, 1.165) is 43.5 Å². The monoisotopic (exact) mass is 280 g/mol. The molecule has 0 aromatic carbocycles. The Morgan fingerprint density at radius 3 is 2.63 bits per heavy atom. The first-order valence-electron chi connectivity index (χ1n) is 7.08. The van der Waals surface area contributed by atoms with Gasteiger partial charge < -0.3 is 10.2 Å². The lowest BCUT2D eigenvalue weighted by Crippen LogP contribution is -2.41. The van der Waals surface area contributed by atoms with Gasteiger partial charge in [0.2, 0.25) is 5.95 Å². The van der Waals surface area contributed by atoms with Gasteiger partial charge in [-0.2, -0.15) is 16.7 Å². The molecule has 0 aliphatic carbocycles. The minimum Gasteiger partial charge on any atom is -0.354 e. The zero-order valence-corrected chi connectivity index (χ0v) is 13.1. The fourth-order valence-electron chi connectivity index (χ4n) is 2.39. The lowest BCUT2D eigenvalue weighted by atomic mass is 10.3. The van der Waals surface area contributed by atoms with Crippen LogP contribution in [0.25, 0.3) is 0 Å². The average Bonchev–Trinajstić information content (AvgIpc) is 2.34. The fourth-order valence-corrected chi connectivity index (χ4v) is 3.72. The molecule has 1 saturated heterocycles. The highest BCUT2D eigenvalue weighted by Crippen LogP contribution is 2.28. The maximum atomic E-state index is 4.66. The van der Waals surface area contributed by atoms with Gasteiger partial charge in [0.1, 0.15) is 5.82 Å². The molecule has 0 radical (unpaired) electrons. The molecule has 5 heteroatoms. The number of thioether (sulfide) groups is 1. The van der Waals surface area contributed by atoms with E-state index in [0.29, 0.717) is 10.5 Å². The summed E-state index contributed by atoms with van der Waals surface area (Å²) in [5.74, 6) is 1.82. The Kier molecular flexibility index (Phi) is 4.91. The summed E-state index contributed by atoms with van der Waals surface area (Å²) in [5, 5.41) is 4.60. The smallest absolute Gasteiger partial charge is 0.224 e. The molecule has 0 bridgehead atoms. The molecule has 106 valence electrons. The summed E-state index contributed by atoms with van der Waals surface area (Å²) in [6.45, 7) is 11.8. The molecule has 0 amide bonds. The van der Waals surface area contributed by atoms with Crippen LogP contribution in [0, 0.1) is 6.92 Å². The summed E-state index contributed by atoms with van der Waals surface area (Å²) in [5.41, 5.74) is 1.03. The highest BCUT2D eigenvalue weighted by atomic mass is 32.2. The molecule has 1 aliphatic rings. The van der Waals surface area contributed by atoms with Crippen molar-refractivity contribution in [3.63, 3.8) is 0 Å². The third kappa shape index (κ3) is 4.00. The molecular weight excluding hydrogens is 256 g/mol. The first kappa shape index (κ1) is 14.4. The Balaban J connectivity index is 2.16. The van der Waals surface area contributed by atoms with Crippen LogP contribution in [0.15, 0.2) is 6.07 Å². The van der Waals surface area contributed by atoms with Crippen LogP contribution < -0.4 is 10.2 Å². The van der Waals surface area contributed by atoms with E-state index in [4.69, 9.17) is 0 Å². The molecule has 19 heavy (non-hydrogen) atoms. The van der Waals surface area contributed by atoms with Crippen LogP contribution in [0.2, 0.25) is 0 Å². The molecule has 1 aromatic heterocycles. The van der Waals surface area contributed by atoms with Crippen molar-refractivity contribution in [2.75, 3.05) is 29.9 Å². The Morgan fingerprint density at radius 2 is 2.00 bits per heavy atom. The molecule has 0 saturated carbocycles. The van der Waals surface area contributed by atoms with Crippen molar-refractivity contribution in [1.29, 1.82) is 0 Å². The first-order chi connectivity index (χ1) is 9.08. The molecule has 2 unspecified atom stereocenters. The lowest BCUT2D eigenvalue weighted by molar-refractivity contribution is 0.716. The Hall–Kier alpha value is -0.970. The molecule has 1 N–H and O–H groups in total. The van der Waals surface area contributed by atoms with Crippen LogP contribution in [-0.4, -0.2) is 40.1 Å². The van der Waals surface area contributed by atoms with E-state index in [2.05, 4.69) is 58.8 Å². The molecule has 2 heterocycles. The second-order valence-electron chi connectivity index (χ2n) is 5.28. The van der Waals surface area contributed by atoms with E-state index in [-0.39, 0.29) is 0 Å². The zero-order chi connectivity index (χ0) is 13.8. The summed E-state index contributed by atoms with van der Waals surface area (Å²) >= 11 is 2.06. The minimum absolute atomic E-state index is 0.658. The molecule has 0 spiro atoms.